The minimum Gasteiger partial charge on any atom is -0.465 e. The highest BCUT2D eigenvalue weighted by Gasteiger charge is 2.35. The van der Waals surface area contributed by atoms with E-state index in [2.05, 4.69) is 20.6 Å². The average Bonchev–Trinajstić information content (AvgIpc) is 3.85. The molecule has 0 spiro atoms. The second-order valence-corrected chi connectivity index (χ2v) is 10.7. The second-order valence-electron chi connectivity index (χ2n) is 10.7. The second kappa shape index (κ2) is 12.3. The van der Waals surface area contributed by atoms with Crippen LogP contribution in [-0.2, 0) is 17.5 Å². The average molecular weight is 597 g/mol. The third-order valence-corrected chi connectivity index (χ3v) is 7.63. The summed E-state index contributed by atoms with van der Waals surface area (Å²) in [6.45, 7) is 4.00. The van der Waals surface area contributed by atoms with Crippen LogP contribution in [0.2, 0.25) is 0 Å². The van der Waals surface area contributed by atoms with Crippen LogP contribution in [-0.4, -0.2) is 64.1 Å². The number of carbonyl (C=O) groups excluding carboxylic acids is 2. The fraction of sp³-hybridized carbons (Fsp3) is 0.367. The van der Waals surface area contributed by atoms with Gasteiger partial charge in [0.05, 0.1) is 24.0 Å². The van der Waals surface area contributed by atoms with E-state index in [0.717, 1.165) is 25.0 Å². The van der Waals surface area contributed by atoms with Gasteiger partial charge in [-0.05, 0) is 54.2 Å². The predicted octanol–water partition coefficient (Wildman–Crippen LogP) is 4.48. The van der Waals surface area contributed by atoms with Gasteiger partial charge in [-0.25, -0.2) is 9.78 Å². The summed E-state index contributed by atoms with van der Waals surface area (Å²) in [6, 6.07) is 9.36. The highest BCUT2D eigenvalue weighted by molar-refractivity contribution is 5.92. The molecular formula is C30H31F3N6O4. The molecule has 1 atom stereocenters. The highest BCUT2D eigenvalue weighted by atomic mass is 19.4. The maximum atomic E-state index is 13.4. The highest BCUT2D eigenvalue weighted by Crippen LogP contribution is 2.35. The molecule has 2 aliphatic rings. The summed E-state index contributed by atoms with van der Waals surface area (Å²) in [6.07, 6.45) is -0.951. The summed E-state index contributed by atoms with van der Waals surface area (Å²) < 4.78 is 40.2. The summed E-state index contributed by atoms with van der Waals surface area (Å²) in [5.41, 5.74) is 1.10. The Hall–Kier alpha value is -4.68. The Labute approximate surface area is 245 Å². The maximum Gasteiger partial charge on any atom is 0.416 e. The number of alkyl halides is 3. The standard InChI is InChI=1S/C30H31F3N6O4/c1-18(19-2-4-20(5-3-19)24-14-23(30(31,32)33)9-8-22(24)15-35-29(42)43)36-27(40)25-16-34-17-26(37-25)38-10-12-39(13-11-38)28(41)21-6-7-21/h2-5,8-9,14,16-18,21,35H,6-7,10-13,15H2,1H3,(H,36,40)(H,42,43)/t18-/m1/s1. The first-order chi connectivity index (χ1) is 20.5. The number of rotatable bonds is 8. The van der Waals surface area contributed by atoms with Gasteiger partial charge in [-0.1, -0.05) is 30.3 Å². The van der Waals surface area contributed by atoms with Crippen LogP contribution in [0.15, 0.2) is 54.9 Å². The van der Waals surface area contributed by atoms with Crippen LogP contribution in [0.1, 0.15) is 53.0 Å². The van der Waals surface area contributed by atoms with E-state index in [1.807, 2.05) is 9.80 Å². The summed E-state index contributed by atoms with van der Waals surface area (Å²) >= 11 is 0. The van der Waals surface area contributed by atoms with E-state index in [4.69, 9.17) is 5.11 Å². The van der Waals surface area contributed by atoms with Crippen molar-refractivity contribution in [2.75, 3.05) is 31.1 Å². The van der Waals surface area contributed by atoms with Crippen molar-refractivity contribution in [2.24, 2.45) is 5.92 Å². The van der Waals surface area contributed by atoms with Crippen molar-refractivity contribution in [3.05, 3.63) is 77.2 Å². The normalized spacial score (nSPS) is 16.0. The first kappa shape index (κ1) is 29.8. The van der Waals surface area contributed by atoms with Crippen LogP contribution < -0.4 is 15.5 Å². The molecule has 226 valence electrons. The van der Waals surface area contributed by atoms with Crippen LogP contribution in [0.25, 0.3) is 11.1 Å². The van der Waals surface area contributed by atoms with Gasteiger partial charge in [0.2, 0.25) is 5.91 Å². The molecule has 3 amide bonds. The van der Waals surface area contributed by atoms with Crippen LogP contribution in [0.4, 0.5) is 23.8 Å². The number of benzene rings is 2. The lowest BCUT2D eigenvalue weighted by Crippen LogP contribution is -2.49. The van der Waals surface area contributed by atoms with E-state index in [1.54, 1.807) is 37.4 Å². The predicted molar refractivity (Wildman–Crippen MR) is 151 cm³/mol. The number of nitrogens with one attached hydrogen (secondary N) is 2. The van der Waals surface area contributed by atoms with Crippen molar-refractivity contribution in [2.45, 2.75) is 38.5 Å². The van der Waals surface area contributed by atoms with Gasteiger partial charge in [0.15, 0.2) is 0 Å². The van der Waals surface area contributed by atoms with Gasteiger partial charge in [-0.3, -0.25) is 14.6 Å². The topological polar surface area (TPSA) is 128 Å². The quantitative estimate of drug-likeness (QED) is 0.350. The SMILES string of the molecule is C[C@@H](NC(=O)c1cncc(N2CCN(C(=O)C3CC3)CC2)n1)c1ccc(-c2cc(C(F)(F)F)ccc2CNC(=O)O)cc1. The first-order valence-corrected chi connectivity index (χ1v) is 13.9. The largest absolute Gasteiger partial charge is 0.465 e. The monoisotopic (exact) mass is 596 g/mol. The molecule has 0 unspecified atom stereocenters. The number of amides is 3. The van der Waals surface area contributed by atoms with Crippen LogP contribution >= 0.6 is 0 Å². The molecule has 0 radical (unpaired) electrons. The molecule has 13 heteroatoms. The lowest BCUT2D eigenvalue weighted by atomic mass is 9.95. The number of halogens is 3. The molecule has 1 saturated carbocycles. The van der Waals surface area contributed by atoms with E-state index in [-0.39, 0.29) is 29.6 Å². The Kier molecular flexibility index (Phi) is 8.51. The molecule has 2 heterocycles. The first-order valence-electron chi connectivity index (χ1n) is 13.9. The molecular weight excluding hydrogens is 565 g/mol. The summed E-state index contributed by atoms with van der Waals surface area (Å²) in [5, 5.41) is 14.0. The van der Waals surface area contributed by atoms with Gasteiger partial charge in [-0.2, -0.15) is 13.2 Å². The van der Waals surface area contributed by atoms with E-state index in [1.165, 1.54) is 12.3 Å². The third-order valence-electron chi connectivity index (χ3n) is 7.63. The molecule has 3 aromatic rings. The van der Waals surface area contributed by atoms with Gasteiger partial charge in [0.25, 0.3) is 5.91 Å². The summed E-state index contributed by atoms with van der Waals surface area (Å²) in [5.74, 6) is 0.507. The van der Waals surface area contributed by atoms with E-state index in [0.29, 0.717) is 48.7 Å². The Morgan fingerprint density at radius 1 is 1.02 bits per heavy atom. The number of carboxylic acid groups (broad SMARTS) is 1. The molecule has 1 aliphatic heterocycles. The summed E-state index contributed by atoms with van der Waals surface area (Å²) in [7, 11) is 0. The fourth-order valence-corrected chi connectivity index (χ4v) is 5.01. The molecule has 2 aromatic carbocycles. The Bertz CT molecular complexity index is 1500. The number of piperazine rings is 1. The van der Waals surface area contributed by atoms with Gasteiger partial charge in [-0.15, -0.1) is 0 Å². The van der Waals surface area contributed by atoms with Crippen molar-refractivity contribution in [1.82, 2.24) is 25.5 Å². The number of anilines is 1. The number of hydrogen-bond acceptors (Lipinski definition) is 6. The Balaban J connectivity index is 1.25. The summed E-state index contributed by atoms with van der Waals surface area (Å²) in [4.78, 5) is 48.9. The van der Waals surface area contributed by atoms with E-state index in [9.17, 15) is 27.6 Å². The lowest BCUT2D eigenvalue weighted by Gasteiger charge is -2.35. The zero-order valence-electron chi connectivity index (χ0n) is 23.4. The Morgan fingerprint density at radius 3 is 2.35 bits per heavy atom. The Morgan fingerprint density at radius 2 is 1.72 bits per heavy atom. The van der Waals surface area contributed by atoms with Crippen molar-refractivity contribution in [1.29, 1.82) is 0 Å². The van der Waals surface area contributed by atoms with Crippen molar-refractivity contribution >= 4 is 23.7 Å². The third kappa shape index (κ3) is 7.22. The number of carbonyl (C=O) groups is 3. The van der Waals surface area contributed by atoms with Crippen LogP contribution in [0, 0.1) is 5.92 Å². The molecule has 43 heavy (non-hydrogen) atoms. The molecule has 3 N–H and O–H groups in total. The maximum absolute atomic E-state index is 13.4. The van der Waals surface area contributed by atoms with Crippen LogP contribution in [0.3, 0.4) is 0 Å². The van der Waals surface area contributed by atoms with Crippen molar-refractivity contribution in [3.63, 3.8) is 0 Å². The minimum absolute atomic E-state index is 0.136. The van der Waals surface area contributed by atoms with Crippen LogP contribution in [0.5, 0.6) is 0 Å². The smallest absolute Gasteiger partial charge is 0.416 e. The number of hydrogen-bond donors (Lipinski definition) is 3. The van der Waals surface area contributed by atoms with Gasteiger partial charge < -0.3 is 25.5 Å². The zero-order valence-corrected chi connectivity index (χ0v) is 23.4. The molecule has 5 rings (SSSR count). The molecule has 0 bridgehead atoms. The van der Waals surface area contributed by atoms with Gasteiger partial charge in [0, 0.05) is 38.6 Å². The molecule has 10 nitrogen and oxygen atoms in total. The minimum atomic E-state index is -4.56. The van der Waals surface area contributed by atoms with Gasteiger partial charge >= 0.3 is 12.3 Å². The molecule has 1 saturated heterocycles. The fourth-order valence-electron chi connectivity index (χ4n) is 5.01. The van der Waals surface area contributed by atoms with E-state index < -0.39 is 29.8 Å². The van der Waals surface area contributed by atoms with Crippen molar-refractivity contribution < 1.29 is 32.7 Å². The molecule has 2 fully saturated rings. The number of nitrogens with zero attached hydrogens (tertiary/aromatic N) is 4. The van der Waals surface area contributed by atoms with Crippen molar-refractivity contribution in [3.8, 4) is 11.1 Å². The molecule has 1 aliphatic carbocycles. The molecule has 1 aromatic heterocycles. The number of aromatic nitrogens is 2. The zero-order chi connectivity index (χ0) is 30.7. The van der Waals surface area contributed by atoms with E-state index >= 15 is 0 Å². The lowest BCUT2D eigenvalue weighted by molar-refractivity contribution is -0.137. The van der Waals surface area contributed by atoms with Gasteiger partial charge in [0.1, 0.15) is 11.5 Å².